The fraction of sp³-hybridized carbons (Fsp3) is 0.778. The predicted octanol–water partition coefficient (Wildman–Crippen LogP) is 5.36. The van der Waals surface area contributed by atoms with Crippen LogP contribution in [0.4, 0.5) is 0 Å². The highest BCUT2D eigenvalue weighted by molar-refractivity contribution is 5.09. The van der Waals surface area contributed by atoms with Crippen LogP contribution in [0.25, 0.3) is 0 Å². The lowest BCUT2D eigenvalue weighted by Crippen LogP contribution is -2.09. The molecule has 0 aromatic heterocycles. The monoisotopic (exact) mass is 244 g/mol. The van der Waals surface area contributed by atoms with Gasteiger partial charge in [-0.2, -0.15) is 0 Å². The van der Waals surface area contributed by atoms with E-state index in [9.17, 15) is 0 Å². The second-order valence-electron chi connectivity index (χ2n) is 6.97. The highest BCUT2D eigenvalue weighted by Gasteiger charge is 2.34. The maximum Gasteiger partial charge on any atom is -0.0199 e. The van der Waals surface area contributed by atoms with E-state index in [1.165, 1.54) is 51.4 Å². The van der Waals surface area contributed by atoms with Crippen molar-refractivity contribution in [3.8, 4) is 0 Å². The van der Waals surface area contributed by atoms with Crippen LogP contribution < -0.4 is 0 Å². The molecule has 0 saturated heterocycles. The van der Waals surface area contributed by atoms with Crippen LogP contribution in [0, 0.1) is 29.6 Å². The van der Waals surface area contributed by atoms with E-state index in [0.29, 0.717) is 0 Å². The van der Waals surface area contributed by atoms with Gasteiger partial charge in [-0.25, -0.2) is 0 Å². The summed E-state index contributed by atoms with van der Waals surface area (Å²) in [5, 5.41) is 0. The zero-order valence-corrected chi connectivity index (χ0v) is 11.9. The van der Waals surface area contributed by atoms with Gasteiger partial charge < -0.3 is 0 Å². The molecule has 2 bridgehead atoms. The zero-order valence-electron chi connectivity index (χ0n) is 11.9. The van der Waals surface area contributed by atoms with E-state index in [4.69, 9.17) is 0 Å². The lowest BCUT2D eigenvalue weighted by molar-refractivity contribution is 0.353. The van der Waals surface area contributed by atoms with Gasteiger partial charge in [-0.3, -0.25) is 0 Å². The molecular formula is C18H28. The fourth-order valence-electron chi connectivity index (χ4n) is 4.44. The molecule has 0 amide bonds. The Kier molecular flexibility index (Phi) is 3.91. The van der Waals surface area contributed by atoms with E-state index in [0.717, 1.165) is 29.6 Å². The minimum Gasteiger partial charge on any atom is -0.0882 e. The lowest BCUT2D eigenvalue weighted by Gasteiger charge is -2.20. The van der Waals surface area contributed by atoms with Gasteiger partial charge in [-0.05, 0) is 61.7 Å². The van der Waals surface area contributed by atoms with E-state index in [1.54, 1.807) is 0 Å². The van der Waals surface area contributed by atoms with Gasteiger partial charge in [0.1, 0.15) is 0 Å². The van der Waals surface area contributed by atoms with Crippen molar-refractivity contribution in [2.24, 2.45) is 29.6 Å². The highest BCUT2D eigenvalue weighted by atomic mass is 14.4. The second-order valence-corrected chi connectivity index (χ2v) is 6.97. The largest absolute Gasteiger partial charge is 0.0882 e. The van der Waals surface area contributed by atoms with E-state index >= 15 is 0 Å². The third-order valence-electron chi connectivity index (χ3n) is 5.68. The van der Waals surface area contributed by atoms with E-state index < -0.39 is 0 Å². The number of hydrogen-bond acceptors (Lipinski definition) is 0. The Hall–Kier alpha value is -0.520. The Morgan fingerprint density at radius 1 is 1.11 bits per heavy atom. The molecule has 0 spiro atoms. The SMILES string of the molecule is CC(CCCCC1CC2C=CC1C2)C1C=CCC1. The van der Waals surface area contributed by atoms with Gasteiger partial charge in [-0.15, -0.1) is 0 Å². The van der Waals surface area contributed by atoms with Gasteiger partial charge in [0.25, 0.3) is 0 Å². The van der Waals surface area contributed by atoms with E-state index in [-0.39, 0.29) is 0 Å². The van der Waals surface area contributed by atoms with Crippen molar-refractivity contribution in [2.75, 3.05) is 0 Å². The molecule has 1 fully saturated rings. The summed E-state index contributed by atoms with van der Waals surface area (Å²) in [7, 11) is 0. The van der Waals surface area contributed by atoms with E-state index in [1.807, 2.05) is 0 Å². The van der Waals surface area contributed by atoms with Crippen LogP contribution in [-0.4, -0.2) is 0 Å². The minimum atomic E-state index is 0.899. The molecule has 1 saturated carbocycles. The molecule has 0 radical (unpaired) electrons. The number of allylic oxidation sites excluding steroid dienone is 4. The van der Waals surface area contributed by atoms with Crippen LogP contribution in [-0.2, 0) is 0 Å². The van der Waals surface area contributed by atoms with Crippen molar-refractivity contribution in [1.82, 2.24) is 0 Å². The Labute approximate surface area is 113 Å². The van der Waals surface area contributed by atoms with Crippen molar-refractivity contribution in [3.63, 3.8) is 0 Å². The smallest absolute Gasteiger partial charge is 0.0199 e. The Morgan fingerprint density at radius 3 is 2.72 bits per heavy atom. The first-order valence-corrected chi connectivity index (χ1v) is 8.18. The summed E-state index contributed by atoms with van der Waals surface area (Å²) in [5.74, 6) is 4.79. The first-order valence-electron chi connectivity index (χ1n) is 8.18. The van der Waals surface area contributed by atoms with Crippen molar-refractivity contribution in [2.45, 2.75) is 58.3 Å². The van der Waals surface area contributed by atoms with Gasteiger partial charge in [0, 0.05) is 0 Å². The molecule has 0 N–H and O–H groups in total. The summed E-state index contributed by atoms with van der Waals surface area (Å²) in [5.41, 5.74) is 0. The second kappa shape index (κ2) is 5.63. The van der Waals surface area contributed by atoms with Crippen LogP contribution >= 0.6 is 0 Å². The quantitative estimate of drug-likeness (QED) is 0.436. The predicted molar refractivity (Wildman–Crippen MR) is 78.3 cm³/mol. The molecule has 100 valence electrons. The van der Waals surface area contributed by atoms with Gasteiger partial charge >= 0.3 is 0 Å². The molecule has 18 heavy (non-hydrogen) atoms. The maximum atomic E-state index is 2.50. The highest BCUT2D eigenvalue weighted by Crippen LogP contribution is 2.45. The van der Waals surface area contributed by atoms with Crippen LogP contribution in [0.1, 0.15) is 58.3 Å². The Balaban J connectivity index is 1.31. The first kappa shape index (κ1) is 12.5. The summed E-state index contributed by atoms with van der Waals surface area (Å²) < 4.78 is 0. The number of rotatable bonds is 6. The van der Waals surface area contributed by atoms with E-state index in [2.05, 4.69) is 31.2 Å². The van der Waals surface area contributed by atoms with Crippen LogP contribution in [0.15, 0.2) is 24.3 Å². The van der Waals surface area contributed by atoms with Crippen molar-refractivity contribution in [1.29, 1.82) is 0 Å². The van der Waals surface area contributed by atoms with Crippen molar-refractivity contribution < 1.29 is 0 Å². The average molecular weight is 244 g/mol. The summed E-state index contributed by atoms with van der Waals surface area (Å²) in [6.45, 7) is 2.46. The maximum absolute atomic E-state index is 2.50. The fourth-order valence-corrected chi connectivity index (χ4v) is 4.44. The van der Waals surface area contributed by atoms with Gasteiger partial charge in [0.2, 0.25) is 0 Å². The molecular weight excluding hydrogens is 216 g/mol. The van der Waals surface area contributed by atoms with Crippen molar-refractivity contribution >= 4 is 0 Å². The van der Waals surface area contributed by atoms with Gasteiger partial charge in [0.05, 0.1) is 0 Å². The number of hydrogen-bond donors (Lipinski definition) is 0. The topological polar surface area (TPSA) is 0 Å². The van der Waals surface area contributed by atoms with Gasteiger partial charge in [0.15, 0.2) is 0 Å². The normalized spacial score (nSPS) is 38.7. The summed E-state index contributed by atoms with van der Waals surface area (Å²) in [6, 6.07) is 0. The van der Waals surface area contributed by atoms with Crippen molar-refractivity contribution in [3.05, 3.63) is 24.3 Å². The molecule has 0 aromatic rings. The molecule has 0 heteroatoms. The summed E-state index contributed by atoms with van der Waals surface area (Å²) in [4.78, 5) is 0. The molecule has 3 aliphatic rings. The standard InChI is InChI=1S/C18H28/c1-14(16-7-4-5-8-16)6-2-3-9-17-12-15-10-11-18(17)13-15/h4,7,10-11,14-18H,2-3,5-6,8-9,12-13H2,1H3. The van der Waals surface area contributed by atoms with Crippen LogP contribution in [0.5, 0.6) is 0 Å². The Bertz CT molecular complexity index is 325. The van der Waals surface area contributed by atoms with Crippen LogP contribution in [0.3, 0.4) is 0 Å². The molecule has 0 aliphatic heterocycles. The third kappa shape index (κ3) is 2.73. The lowest BCUT2D eigenvalue weighted by atomic mass is 9.86. The number of fused-ring (bicyclic) bond motifs is 2. The summed E-state index contributed by atoms with van der Waals surface area (Å²) in [6.07, 6.45) is 21.4. The average Bonchev–Trinajstić information content (AvgIpc) is 3.09. The number of unbranched alkanes of at least 4 members (excludes halogenated alkanes) is 1. The van der Waals surface area contributed by atoms with Gasteiger partial charge in [-0.1, -0.05) is 50.5 Å². The zero-order chi connectivity index (χ0) is 12.4. The first-order chi connectivity index (χ1) is 8.83. The molecule has 3 aliphatic carbocycles. The molecule has 5 atom stereocenters. The van der Waals surface area contributed by atoms with Crippen LogP contribution in [0.2, 0.25) is 0 Å². The summed E-state index contributed by atoms with van der Waals surface area (Å²) >= 11 is 0. The molecule has 0 nitrogen and oxygen atoms in total. The molecule has 0 heterocycles. The molecule has 5 unspecified atom stereocenters. The minimum absolute atomic E-state index is 0.899. The third-order valence-corrected chi connectivity index (χ3v) is 5.68. The molecule has 3 rings (SSSR count). The Morgan fingerprint density at radius 2 is 2.06 bits per heavy atom. The molecule has 0 aromatic carbocycles.